The summed E-state index contributed by atoms with van der Waals surface area (Å²) in [6.07, 6.45) is 0. The van der Waals surface area contributed by atoms with Crippen molar-refractivity contribution in [2.75, 3.05) is 0 Å². The summed E-state index contributed by atoms with van der Waals surface area (Å²) in [6.45, 7) is 2.22. The van der Waals surface area contributed by atoms with Gasteiger partial charge in [-0.3, -0.25) is 0 Å². The summed E-state index contributed by atoms with van der Waals surface area (Å²) in [6, 6.07) is 11.0. The van der Waals surface area contributed by atoms with Crippen molar-refractivity contribution in [1.29, 1.82) is 0 Å². The Kier molecular flexibility index (Phi) is 5.33. The molecular formula is C15H14BrCl2NO. The number of hydrogen-bond acceptors (Lipinski definition) is 2. The molecule has 0 spiro atoms. The molecule has 0 saturated carbocycles. The van der Waals surface area contributed by atoms with E-state index < -0.39 is 0 Å². The normalized spacial score (nSPS) is 12.2. The van der Waals surface area contributed by atoms with E-state index in [1.54, 1.807) is 18.2 Å². The van der Waals surface area contributed by atoms with Gasteiger partial charge in [0.2, 0.25) is 0 Å². The van der Waals surface area contributed by atoms with E-state index in [0.717, 1.165) is 21.3 Å². The van der Waals surface area contributed by atoms with Crippen LogP contribution in [0.3, 0.4) is 0 Å². The van der Waals surface area contributed by atoms with Crippen molar-refractivity contribution >= 4 is 39.1 Å². The molecular weight excluding hydrogens is 361 g/mol. The van der Waals surface area contributed by atoms with Crippen LogP contribution < -0.4 is 10.5 Å². The first-order chi connectivity index (χ1) is 9.49. The van der Waals surface area contributed by atoms with E-state index in [2.05, 4.69) is 15.9 Å². The number of rotatable bonds is 4. The highest BCUT2D eigenvalue weighted by atomic mass is 79.9. The summed E-state index contributed by atoms with van der Waals surface area (Å²) in [5.41, 5.74) is 7.66. The molecule has 2 aromatic rings. The standard InChI is InChI=1S/C15H14BrCl2NO/c1-9(19)11-7-10(16)5-6-15(11)20-8-12-13(17)3-2-4-14(12)18/h2-7,9H,8,19H2,1H3/t9-/m0/s1. The lowest BCUT2D eigenvalue weighted by molar-refractivity contribution is 0.301. The van der Waals surface area contributed by atoms with E-state index in [-0.39, 0.29) is 6.04 Å². The molecule has 0 heterocycles. The van der Waals surface area contributed by atoms with Crippen LogP contribution in [0.2, 0.25) is 10.0 Å². The Labute approximate surface area is 137 Å². The van der Waals surface area contributed by atoms with Gasteiger partial charge in [-0.25, -0.2) is 0 Å². The Balaban J connectivity index is 2.23. The van der Waals surface area contributed by atoms with Crippen LogP contribution in [0, 0.1) is 0 Å². The van der Waals surface area contributed by atoms with Gasteiger partial charge >= 0.3 is 0 Å². The van der Waals surface area contributed by atoms with E-state index in [1.165, 1.54) is 0 Å². The zero-order chi connectivity index (χ0) is 14.7. The fraction of sp³-hybridized carbons (Fsp3) is 0.200. The molecule has 0 fully saturated rings. The molecule has 2 N–H and O–H groups in total. The van der Waals surface area contributed by atoms with E-state index in [0.29, 0.717) is 16.7 Å². The molecule has 0 unspecified atom stereocenters. The lowest BCUT2D eigenvalue weighted by Crippen LogP contribution is -2.08. The predicted molar refractivity (Wildman–Crippen MR) is 87.5 cm³/mol. The average molecular weight is 375 g/mol. The minimum absolute atomic E-state index is 0.121. The van der Waals surface area contributed by atoms with Crippen molar-refractivity contribution in [3.8, 4) is 5.75 Å². The Morgan fingerprint density at radius 1 is 1.20 bits per heavy atom. The summed E-state index contributed by atoms with van der Waals surface area (Å²) in [7, 11) is 0. The molecule has 0 aliphatic heterocycles. The molecule has 2 aromatic carbocycles. The number of benzene rings is 2. The zero-order valence-electron chi connectivity index (χ0n) is 10.9. The first-order valence-corrected chi connectivity index (χ1v) is 7.64. The number of hydrogen-bond donors (Lipinski definition) is 1. The van der Waals surface area contributed by atoms with Gasteiger partial charge in [-0.15, -0.1) is 0 Å². The van der Waals surface area contributed by atoms with Crippen LogP contribution >= 0.6 is 39.1 Å². The lowest BCUT2D eigenvalue weighted by atomic mass is 10.1. The summed E-state index contributed by atoms with van der Waals surface area (Å²) < 4.78 is 6.80. The summed E-state index contributed by atoms with van der Waals surface area (Å²) in [4.78, 5) is 0. The van der Waals surface area contributed by atoms with Crippen molar-refractivity contribution in [3.05, 3.63) is 62.0 Å². The van der Waals surface area contributed by atoms with Crippen molar-refractivity contribution < 1.29 is 4.74 Å². The number of ether oxygens (including phenoxy) is 1. The highest BCUT2D eigenvalue weighted by Gasteiger charge is 2.11. The third kappa shape index (κ3) is 3.67. The van der Waals surface area contributed by atoms with Crippen molar-refractivity contribution in [3.63, 3.8) is 0 Å². The van der Waals surface area contributed by atoms with Crippen LogP contribution in [-0.2, 0) is 6.61 Å². The third-order valence-corrected chi connectivity index (χ3v) is 4.10. The van der Waals surface area contributed by atoms with Crippen LogP contribution in [-0.4, -0.2) is 0 Å². The van der Waals surface area contributed by atoms with E-state index >= 15 is 0 Å². The van der Waals surface area contributed by atoms with E-state index in [9.17, 15) is 0 Å². The highest BCUT2D eigenvalue weighted by Crippen LogP contribution is 2.30. The van der Waals surface area contributed by atoms with Gasteiger partial charge in [0.15, 0.2) is 0 Å². The summed E-state index contributed by atoms with van der Waals surface area (Å²) in [5.74, 6) is 0.735. The largest absolute Gasteiger partial charge is 0.488 e. The second kappa shape index (κ2) is 6.81. The van der Waals surface area contributed by atoms with Crippen molar-refractivity contribution in [2.45, 2.75) is 19.6 Å². The van der Waals surface area contributed by atoms with Crippen LogP contribution in [0.25, 0.3) is 0 Å². The van der Waals surface area contributed by atoms with Gasteiger partial charge < -0.3 is 10.5 Å². The molecule has 0 aromatic heterocycles. The molecule has 2 nitrogen and oxygen atoms in total. The third-order valence-electron chi connectivity index (χ3n) is 2.90. The number of nitrogens with two attached hydrogens (primary N) is 1. The van der Waals surface area contributed by atoms with Gasteiger partial charge in [-0.2, -0.15) is 0 Å². The van der Waals surface area contributed by atoms with Gasteiger partial charge in [0, 0.05) is 31.7 Å². The topological polar surface area (TPSA) is 35.2 Å². The highest BCUT2D eigenvalue weighted by molar-refractivity contribution is 9.10. The van der Waals surface area contributed by atoms with Gasteiger partial charge in [0.1, 0.15) is 12.4 Å². The summed E-state index contributed by atoms with van der Waals surface area (Å²) in [5, 5.41) is 1.19. The summed E-state index contributed by atoms with van der Waals surface area (Å²) >= 11 is 15.7. The fourth-order valence-corrected chi connectivity index (χ4v) is 2.71. The molecule has 106 valence electrons. The van der Waals surface area contributed by atoms with Crippen LogP contribution in [0.5, 0.6) is 5.75 Å². The molecule has 5 heteroatoms. The average Bonchev–Trinajstić information content (AvgIpc) is 2.39. The van der Waals surface area contributed by atoms with E-state index in [4.69, 9.17) is 33.7 Å². The maximum atomic E-state index is 6.13. The van der Waals surface area contributed by atoms with Gasteiger partial charge in [-0.1, -0.05) is 45.2 Å². The maximum absolute atomic E-state index is 6.13. The second-order valence-corrected chi connectivity index (χ2v) is 6.19. The molecule has 2 rings (SSSR count). The monoisotopic (exact) mass is 373 g/mol. The van der Waals surface area contributed by atoms with Crippen LogP contribution in [0.15, 0.2) is 40.9 Å². The maximum Gasteiger partial charge on any atom is 0.124 e. The Morgan fingerprint density at radius 2 is 1.85 bits per heavy atom. The SMILES string of the molecule is C[C@H](N)c1cc(Br)ccc1OCc1c(Cl)cccc1Cl. The van der Waals surface area contributed by atoms with Crippen molar-refractivity contribution in [2.24, 2.45) is 5.73 Å². The van der Waals surface area contributed by atoms with Crippen LogP contribution in [0.4, 0.5) is 0 Å². The van der Waals surface area contributed by atoms with Crippen LogP contribution in [0.1, 0.15) is 24.1 Å². The molecule has 20 heavy (non-hydrogen) atoms. The quantitative estimate of drug-likeness (QED) is 0.782. The Bertz CT molecular complexity index is 597. The molecule has 0 amide bonds. The van der Waals surface area contributed by atoms with E-state index in [1.807, 2.05) is 25.1 Å². The predicted octanol–water partition coefficient (Wildman–Crippen LogP) is 5.35. The second-order valence-electron chi connectivity index (χ2n) is 4.46. The van der Waals surface area contributed by atoms with Crippen molar-refractivity contribution in [1.82, 2.24) is 0 Å². The fourth-order valence-electron chi connectivity index (χ4n) is 1.83. The first kappa shape index (κ1) is 15.6. The van der Waals surface area contributed by atoms with Gasteiger partial charge in [0.25, 0.3) is 0 Å². The molecule has 0 aliphatic rings. The Morgan fingerprint density at radius 3 is 2.45 bits per heavy atom. The smallest absolute Gasteiger partial charge is 0.124 e. The lowest BCUT2D eigenvalue weighted by Gasteiger charge is -2.15. The number of halogens is 3. The molecule has 1 atom stereocenters. The minimum Gasteiger partial charge on any atom is -0.488 e. The van der Waals surface area contributed by atoms with Gasteiger partial charge in [-0.05, 0) is 37.3 Å². The zero-order valence-corrected chi connectivity index (χ0v) is 14.0. The first-order valence-electron chi connectivity index (χ1n) is 6.09. The molecule has 0 radical (unpaired) electrons. The Hall–Kier alpha value is -0.740. The molecule has 0 aliphatic carbocycles. The van der Waals surface area contributed by atoms with Gasteiger partial charge in [0.05, 0.1) is 0 Å². The molecule has 0 bridgehead atoms. The molecule has 0 saturated heterocycles. The minimum atomic E-state index is -0.121.